The van der Waals surface area contributed by atoms with Gasteiger partial charge in [-0.25, -0.2) is 0 Å². The Morgan fingerprint density at radius 1 is 1.32 bits per heavy atom. The largest absolute Gasteiger partial charge is 0.394 e. The number of hydrogen-bond donors (Lipinski definition) is 2. The van der Waals surface area contributed by atoms with Gasteiger partial charge in [-0.05, 0) is 20.3 Å². The summed E-state index contributed by atoms with van der Waals surface area (Å²) < 4.78 is 22.8. The predicted molar refractivity (Wildman–Crippen MR) is 66.4 cm³/mol. The molecule has 112 valence electrons. The van der Waals surface area contributed by atoms with Gasteiger partial charge in [0, 0.05) is 6.61 Å². The van der Waals surface area contributed by atoms with Crippen LogP contribution in [0.1, 0.15) is 33.6 Å². The Morgan fingerprint density at radius 2 is 2.05 bits per heavy atom. The van der Waals surface area contributed by atoms with Gasteiger partial charge in [-0.15, -0.1) is 0 Å². The molecule has 0 aromatic carbocycles. The van der Waals surface area contributed by atoms with E-state index in [9.17, 15) is 5.11 Å². The molecule has 0 aromatic heterocycles. The monoisotopic (exact) mass is 276 g/mol. The Bertz CT molecular complexity index is 295. The van der Waals surface area contributed by atoms with E-state index in [1.54, 1.807) is 0 Å². The van der Waals surface area contributed by atoms with E-state index in [1.807, 2.05) is 13.8 Å². The zero-order valence-electron chi connectivity index (χ0n) is 11.7. The molecule has 2 rings (SSSR count). The number of rotatable bonds is 6. The minimum atomic E-state index is -0.993. The van der Waals surface area contributed by atoms with Crippen molar-refractivity contribution in [3.8, 4) is 0 Å². The fourth-order valence-corrected chi connectivity index (χ4v) is 2.47. The summed E-state index contributed by atoms with van der Waals surface area (Å²) in [7, 11) is 0. The first-order valence-electron chi connectivity index (χ1n) is 6.90. The molecule has 0 aromatic rings. The number of ether oxygens (including phenoxy) is 4. The molecule has 2 saturated heterocycles. The van der Waals surface area contributed by atoms with Crippen LogP contribution in [0.3, 0.4) is 0 Å². The molecular weight excluding hydrogens is 252 g/mol. The first kappa shape index (κ1) is 15.2. The fourth-order valence-electron chi connectivity index (χ4n) is 2.47. The lowest BCUT2D eigenvalue weighted by atomic mass is 10.1. The van der Waals surface area contributed by atoms with Crippen molar-refractivity contribution < 1.29 is 29.2 Å². The Morgan fingerprint density at radius 3 is 2.68 bits per heavy atom. The Labute approximate surface area is 113 Å². The summed E-state index contributed by atoms with van der Waals surface area (Å²) in [6.07, 6.45) is -0.982. The van der Waals surface area contributed by atoms with Crippen LogP contribution in [-0.4, -0.2) is 59.9 Å². The number of aliphatic hydroxyl groups is 2. The molecule has 2 fully saturated rings. The molecule has 19 heavy (non-hydrogen) atoms. The molecule has 5 atom stereocenters. The van der Waals surface area contributed by atoms with Crippen LogP contribution < -0.4 is 0 Å². The van der Waals surface area contributed by atoms with Gasteiger partial charge in [0.1, 0.15) is 24.4 Å². The van der Waals surface area contributed by atoms with Crippen LogP contribution in [0.2, 0.25) is 0 Å². The fraction of sp³-hybridized carbons (Fsp3) is 1.00. The van der Waals surface area contributed by atoms with Crippen LogP contribution in [0, 0.1) is 0 Å². The van der Waals surface area contributed by atoms with Gasteiger partial charge in [-0.1, -0.05) is 13.3 Å². The van der Waals surface area contributed by atoms with Crippen LogP contribution in [0.5, 0.6) is 0 Å². The second-order valence-corrected chi connectivity index (χ2v) is 5.51. The molecule has 0 radical (unpaired) electrons. The van der Waals surface area contributed by atoms with E-state index in [1.165, 1.54) is 0 Å². The smallest absolute Gasteiger partial charge is 0.190 e. The quantitative estimate of drug-likeness (QED) is 0.684. The second kappa shape index (κ2) is 6.03. The summed E-state index contributed by atoms with van der Waals surface area (Å²) in [5, 5.41) is 18.9. The zero-order valence-corrected chi connectivity index (χ0v) is 11.7. The van der Waals surface area contributed by atoms with Gasteiger partial charge < -0.3 is 29.2 Å². The topological polar surface area (TPSA) is 77.4 Å². The first-order valence-corrected chi connectivity index (χ1v) is 6.90. The molecule has 0 aliphatic carbocycles. The van der Waals surface area contributed by atoms with E-state index in [0.29, 0.717) is 6.61 Å². The van der Waals surface area contributed by atoms with E-state index < -0.39 is 30.4 Å². The van der Waals surface area contributed by atoms with Crippen molar-refractivity contribution in [3.63, 3.8) is 0 Å². The van der Waals surface area contributed by atoms with Gasteiger partial charge in [-0.3, -0.25) is 0 Å². The van der Waals surface area contributed by atoms with Crippen LogP contribution in [-0.2, 0) is 18.9 Å². The van der Waals surface area contributed by atoms with Crippen LogP contribution in [0.15, 0.2) is 0 Å². The van der Waals surface area contributed by atoms with E-state index in [2.05, 4.69) is 6.92 Å². The molecule has 2 aliphatic rings. The first-order chi connectivity index (χ1) is 8.98. The van der Waals surface area contributed by atoms with E-state index in [-0.39, 0.29) is 12.7 Å². The van der Waals surface area contributed by atoms with E-state index in [4.69, 9.17) is 24.1 Å². The standard InChI is InChI=1S/C13H24O6/c1-4-5-6-16-10-9(8(15)7-14)17-12-11(10)18-13(2,3)19-12/h8-12,14-15H,4-7H2,1-3H3/t8?,9-,10?,11+,12-/m1/s1. The molecule has 6 heteroatoms. The Hall–Kier alpha value is -0.240. The highest BCUT2D eigenvalue weighted by molar-refractivity contribution is 4.96. The normalized spacial score (nSPS) is 38.4. The summed E-state index contributed by atoms with van der Waals surface area (Å²) in [6, 6.07) is 0. The molecule has 0 spiro atoms. The summed E-state index contributed by atoms with van der Waals surface area (Å²) >= 11 is 0. The van der Waals surface area contributed by atoms with Crippen molar-refractivity contribution in [2.45, 2.75) is 70.1 Å². The van der Waals surface area contributed by atoms with Gasteiger partial charge >= 0.3 is 0 Å². The van der Waals surface area contributed by atoms with Crippen molar-refractivity contribution in [1.82, 2.24) is 0 Å². The summed E-state index contributed by atoms with van der Waals surface area (Å²) in [6.45, 7) is 5.91. The maximum absolute atomic E-state index is 9.80. The van der Waals surface area contributed by atoms with Crippen molar-refractivity contribution in [1.29, 1.82) is 0 Å². The minimum absolute atomic E-state index is 0.363. The Balaban J connectivity index is 2.02. The minimum Gasteiger partial charge on any atom is -0.394 e. The highest BCUT2D eigenvalue weighted by Gasteiger charge is 2.56. The third-order valence-electron chi connectivity index (χ3n) is 3.40. The molecule has 0 saturated carbocycles. The SMILES string of the molecule is CCCCOC1[C@@H](C(O)CO)O[C@@H]2OC(C)(C)O[C@@H]12. The molecule has 0 bridgehead atoms. The van der Waals surface area contributed by atoms with Crippen LogP contribution in [0.4, 0.5) is 0 Å². The average molecular weight is 276 g/mol. The summed E-state index contributed by atoms with van der Waals surface area (Å²) in [5.74, 6) is -0.711. The number of unbranched alkanes of at least 4 members (excludes halogenated alkanes) is 1. The van der Waals surface area contributed by atoms with E-state index in [0.717, 1.165) is 12.8 Å². The molecule has 6 nitrogen and oxygen atoms in total. The van der Waals surface area contributed by atoms with Crippen molar-refractivity contribution >= 4 is 0 Å². The third-order valence-corrected chi connectivity index (χ3v) is 3.40. The maximum atomic E-state index is 9.80. The molecular formula is C13H24O6. The Kier molecular flexibility index (Phi) is 4.81. The summed E-state index contributed by atoms with van der Waals surface area (Å²) in [4.78, 5) is 0. The number of hydrogen-bond acceptors (Lipinski definition) is 6. The van der Waals surface area contributed by atoms with Crippen LogP contribution >= 0.6 is 0 Å². The molecule has 2 N–H and O–H groups in total. The molecule has 2 aliphatic heterocycles. The van der Waals surface area contributed by atoms with Gasteiger partial charge in [0.25, 0.3) is 0 Å². The van der Waals surface area contributed by atoms with Crippen molar-refractivity contribution in [2.75, 3.05) is 13.2 Å². The predicted octanol–water partition coefficient (Wildman–Crippen LogP) is 0.401. The van der Waals surface area contributed by atoms with Crippen molar-refractivity contribution in [3.05, 3.63) is 0 Å². The molecule has 0 amide bonds. The number of fused-ring (bicyclic) bond motifs is 1. The lowest BCUT2D eigenvalue weighted by Gasteiger charge is -2.27. The van der Waals surface area contributed by atoms with E-state index >= 15 is 0 Å². The number of aliphatic hydroxyl groups excluding tert-OH is 2. The summed E-state index contributed by atoms with van der Waals surface area (Å²) in [5.41, 5.74) is 0. The third kappa shape index (κ3) is 3.26. The van der Waals surface area contributed by atoms with Gasteiger partial charge in [0.2, 0.25) is 0 Å². The van der Waals surface area contributed by atoms with Gasteiger partial charge in [-0.2, -0.15) is 0 Å². The second-order valence-electron chi connectivity index (χ2n) is 5.51. The van der Waals surface area contributed by atoms with Gasteiger partial charge in [0.05, 0.1) is 6.61 Å². The highest BCUT2D eigenvalue weighted by atomic mass is 16.8. The average Bonchev–Trinajstić information content (AvgIpc) is 2.82. The van der Waals surface area contributed by atoms with Crippen LogP contribution in [0.25, 0.3) is 0 Å². The lowest BCUT2D eigenvalue weighted by Crippen LogP contribution is -2.44. The lowest BCUT2D eigenvalue weighted by molar-refractivity contribution is -0.231. The molecule has 2 heterocycles. The zero-order chi connectivity index (χ0) is 14.0. The highest BCUT2D eigenvalue weighted by Crippen LogP contribution is 2.39. The maximum Gasteiger partial charge on any atom is 0.190 e. The van der Waals surface area contributed by atoms with Crippen molar-refractivity contribution in [2.24, 2.45) is 0 Å². The van der Waals surface area contributed by atoms with Gasteiger partial charge in [0.15, 0.2) is 12.1 Å². The molecule has 2 unspecified atom stereocenters.